The highest BCUT2D eigenvalue weighted by Crippen LogP contribution is 2.36. The predicted molar refractivity (Wildman–Crippen MR) is 70.0 cm³/mol. The first-order valence-corrected chi connectivity index (χ1v) is 9.29. The van der Waals surface area contributed by atoms with Crippen LogP contribution >= 0.6 is 0 Å². The van der Waals surface area contributed by atoms with Crippen molar-refractivity contribution in [3.63, 3.8) is 0 Å². The first-order chi connectivity index (χ1) is 12.9. The monoisotopic (exact) mass is 513 g/mol. The largest absolute Gasteiger partial charge is 0.480 e. The van der Waals surface area contributed by atoms with E-state index in [0.29, 0.717) is 9.13 Å². The molecular formula is C9H7F12N3O4S2. The van der Waals surface area contributed by atoms with Crippen LogP contribution in [0.4, 0.5) is 52.7 Å². The van der Waals surface area contributed by atoms with E-state index in [9.17, 15) is 69.5 Å². The van der Waals surface area contributed by atoms with Crippen LogP contribution in [0.5, 0.6) is 0 Å². The maximum atomic E-state index is 11.8. The van der Waals surface area contributed by atoms with E-state index in [1.165, 1.54) is 0 Å². The first-order valence-electron chi connectivity index (χ1n) is 6.41. The van der Waals surface area contributed by atoms with Gasteiger partial charge in [0.05, 0.1) is 0 Å². The molecule has 0 radical (unpaired) electrons. The van der Waals surface area contributed by atoms with Crippen molar-refractivity contribution in [3.8, 4) is 0 Å². The molecule has 1 rings (SSSR count). The summed E-state index contributed by atoms with van der Waals surface area (Å²) in [6.45, 7) is -2.59. The van der Waals surface area contributed by atoms with Gasteiger partial charge in [-0.25, -0.2) is 26.0 Å². The SMILES string of the molecule is FC(F)(F)Cn1cc[n+](CC(F)(F)F)c1.O=S(=O)([N-]S(=O)(=O)C(F)(F)F)C(F)(F)F. The fourth-order valence-electron chi connectivity index (χ4n) is 1.25. The van der Waals surface area contributed by atoms with Crippen LogP contribution in [0.15, 0.2) is 18.7 Å². The quantitative estimate of drug-likeness (QED) is 0.458. The van der Waals surface area contributed by atoms with E-state index < -0.39 is 56.5 Å². The van der Waals surface area contributed by atoms with Crippen LogP contribution in [0.1, 0.15) is 0 Å². The molecule has 0 bridgehead atoms. The molecule has 0 fully saturated rings. The molecule has 0 spiro atoms. The summed E-state index contributed by atoms with van der Waals surface area (Å²) in [6.07, 6.45) is -6.22. The molecule has 0 N–H and O–H groups in total. The summed E-state index contributed by atoms with van der Waals surface area (Å²) in [4.78, 5) is 0. The Kier molecular flexibility index (Phi) is 8.25. The van der Waals surface area contributed by atoms with Crippen LogP contribution in [0.2, 0.25) is 0 Å². The average molecular weight is 513 g/mol. The van der Waals surface area contributed by atoms with Gasteiger partial charge in [-0.2, -0.15) is 52.7 Å². The summed E-state index contributed by atoms with van der Waals surface area (Å²) in [7, 11) is -13.4. The molecule has 0 aliphatic rings. The van der Waals surface area contributed by atoms with Gasteiger partial charge in [-0.15, -0.1) is 0 Å². The molecule has 178 valence electrons. The third-order valence-corrected chi connectivity index (χ3v) is 4.99. The Morgan fingerprint density at radius 1 is 0.733 bits per heavy atom. The minimum absolute atomic E-state index is 0.645. The Hall–Kier alpha value is -1.77. The molecule has 7 nitrogen and oxygen atoms in total. The number of nitrogens with zero attached hydrogens (tertiary/aromatic N) is 3. The Morgan fingerprint density at radius 3 is 1.43 bits per heavy atom. The van der Waals surface area contributed by atoms with E-state index >= 15 is 0 Å². The molecule has 1 heterocycles. The van der Waals surface area contributed by atoms with Crippen molar-refractivity contribution in [1.82, 2.24) is 4.57 Å². The van der Waals surface area contributed by atoms with E-state index in [1.807, 2.05) is 0 Å². The van der Waals surface area contributed by atoms with E-state index in [0.717, 1.165) is 22.8 Å². The van der Waals surface area contributed by atoms with Crippen LogP contribution in [-0.4, -0.2) is 44.8 Å². The van der Waals surface area contributed by atoms with E-state index in [-0.39, 0.29) is 0 Å². The molecular weight excluding hydrogens is 506 g/mol. The molecule has 0 aromatic carbocycles. The summed E-state index contributed by atoms with van der Waals surface area (Å²) in [5.74, 6) is 0. The Morgan fingerprint density at radius 2 is 1.13 bits per heavy atom. The minimum Gasteiger partial charge on any atom is -0.421 e. The van der Waals surface area contributed by atoms with Crippen LogP contribution < -0.4 is 4.57 Å². The third kappa shape index (κ3) is 9.82. The lowest BCUT2D eigenvalue weighted by molar-refractivity contribution is -0.718. The van der Waals surface area contributed by atoms with Crippen LogP contribution in [-0.2, 0) is 33.1 Å². The molecule has 0 saturated carbocycles. The number of sulfonamides is 2. The van der Waals surface area contributed by atoms with Gasteiger partial charge < -0.3 is 4.13 Å². The maximum absolute atomic E-state index is 11.8. The lowest BCUT2D eigenvalue weighted by Crippen LogP contribution is -2.39. The lowest BCUT2D eigenvalue weighted by Gasteiger charge is -2.22. The topological polar surface area (TPSA) is 91.2 Å². The number of alkyl halides is 12. The zero-order chi connectivity index (χ0) is 24.4. The molecule has 0 saturated heterocycles. The highest BCUT2D eigenvalue weighted by Gasteiger charge is 2.47. The highest BCUT2D eigenvalue weighted by molar-refractivity contribution is 8.13. The molecule has 0 amide bonds. The van der Waals surface area contributed by atoms with Gasteiger partial charge in [-0.1, -0.05) is 0 Å². The van der Waals surface area contributed by atoms with Gasteiger partial charge in [0, 0.05) is 0 Å². The molecule has 0 aliphatic heterocycles. The van der Waals surface area contributed by atoms with Gasteiger partial charge in [0.25, 0.3) is 0 Å². The second kappa shape index (κ2) is 8.77. The van der Waals surface area contributed by atoms with E-state index in [2.05, 4.69) is 0 Å². The molecule has 1 aromatic heterocycles. The molecule has 30 heavy (non-hydrogen) atoms. The zero-order valence-electron chi connectivity index (χ0n) is 13.5. The minimum atomic E-state index is -6.72. The van der Waals surface area contributed by atoms with Gasteiger partial charge in [-0.3, -0.25) is 0 Å². The van der Waals surface area contributed by atoms with E-state index in [1.54, 1.807) is 0 Å². The summed E-state index contributed by atoms with van der Waals surface area (Å²) in [5, 5.41) is 0. The average Bonchev–Trinajstić information content (AvgIpc) is 2.77. The fourth-order valence-corrected chi connectivity index (χ4v) is 2.96. The normalized spacial score (nSPS) is 14.3. The summed E-state index contributed by atoms with van der Waals surface area (Å²) in [6, 6.07) is 0. The van der Waals surface area contributed by atoms with E-state index in [4.69, 9.17) is 0 Å². The van der Waals surface area contributed by atoms with Crippen molar-refractivity contribution in [2.75, 3.05) is 0 Å². The molecule has 0 aliphatic carbocycles. The summed E-state index contributed by atoms with van der Waals surface area (Å²) in [5.41, 5.74) is -12.4. The van der Waals surface area contributed by atoms with Gasteiger partial charge in [0.1, 0.15) is 12.4 Å². The highest BCUT2D eigenvalue weighted by atomic mass is 32.3. The maximum Gasteiger partial charge on any atom is 0.480 e. The number of imidazole rings is 1. The Balaban J connectivity index is 0.000000561. The molecule has 21 heteroatoms. The molecule has 0 atom stereocenters. The second-order valence-electron chi connectivity index (χ2n) is 4.90. The summed E-state index contributed by atoms with van der Waals surface area (Å²) >= 11 is 0. The van der Waals surface area contributed by atoms with Crippen LogP contribution in [0, 0.1) is 0 Å². The fraction of sp³-hybridized carbons (Fsp3) is 0.667. The number of rotatable bonds is 4. The number of aromatic nitrogens is 2. The van der Waals surface area contributed by atoms with Gasteiger partial charge in [0.2, 0.25) is 6.33 Å². The Bertz CT molecular complexity index is 836. The number of hydrogen-bond acceptors (Lipinski definition) is 4. The van der Waals surface area contributed by atoms with Gasteiger partial charge in [0.15, 0.2) is 33.1 Å². The lowest BCUT2D eigenvalue weighted by atomic mass is 10.6. The zero-order valence-corrected chi connectivity index (χ0v) is 15.1. The predicted octanol–water partition coefficient (Wildman–Crippen LogP) is 2.96. The molecule has 0 unspecified atom stereocenters. The smallest absolute Gasteiger partial charge is 0.421 e. The third-order valence-electron chi connectivity index (χ3n) is 2.25. The van der Waals surface area contributed by atoms with Gasteiger partial charge >= 0.3 is 23.4 Å². The molecule has 1 aromatic rings. The van der Waals surface area contributed by atoms with Crippen molar-refractivity contribution < 1.29 is 74.1 Å². The van der Waals surface area contributed by atoms with Crippen LogP contribution in [0.3, 0.4) is 0 Å². The van der Waals surface area contributed by atoms with Crippen molar-refractivity contribution in [2.24, 2.45) is 0 Å². The van der Waals surface area contributed by atoms with Crippen molar-refractivity contribution in [2.45, 2.75) is 36.5 Å². The first kappa shape index (κ1) is 28.2. The second-order valence-corrected chi connectivity index (χ2v) is 8.33. The standard InChI is InChI=1S/C7H7F6N2.C2F6NO4S2/c8-6(9,10)3-14-1-2-15(5-14)4-7(11,12)13;3-1(4,5)14(10,11)9-15(12,13)2(6,7)8/h1-2,5H,3-4H2;/q+1;-1. The number of halogens is 12. The number of hydrogen-bond donors (Lipinski definition) is 0. The van der Waals surface area contributed by atoms with Crippen molar-refractivity contribution >= 4 is 20.0 Å². The van der Waals surface area contributed by atoms with Crippen molar-refractivity contribution in [3.05, 3.63) is 22.8 Å². The van der Waals surface area contributed by atoms with Crippen molar-refractivity contribution in [1.29, 1.82) is 0 Å². The van der Waals surface area contributed by atoms with Crippen LogP contribution in [0.25, 0.3) is 4.13 Å². The Labute approximate surface area is 159 Å². The summed E-state index contributed by atoms with van der Waals surface area (Å²) < 4.78 is 181. The van der Waals surface area contributed by atoms with Gasteiger partial charge in [-0.05, 0) is 0 Å².